The fourth-order valence-electron chi connectivity index (χ4n) is 8.65. The molecule has 0 N–H and O–H groups in total. The smallest absolute Gasteiger partial charge is 0.266 e. The van der Waals surface area contributed by atoms with Gasteiger partial charge in [0.15, 0.2) is 17.5 Å². The summed E-state index contributed by atoms with van der Waals surface area (Å²) in [5.74, 6) is 1.72. The molecular formula is C52H30N6O2S. The normalized spacial score (nSPS) is 11.7. The van der Waals surface area contributed by atoms with Crippen molar-refractivity contribution >= 4 is 75.0 Å². The first-order valence-corrected chi connectivity index (χ1v) is 20.7. The molecule has 0 amide bonds. The molecule has 5 aromatic heterocycles. The Balaban J connectivity index is 1.11. The van der Waals surface area contributed by atoms with E-state index in [1.54, 1.807) is 17.5 Å². The largest absolute Gasteiger partial charge is 0.294 e. The quantitative estimate of drug-likeness (QED) is 0.172. The molecule has 0 aliphatic carbocycles. The fourth-order valence-corrected chi connectivity index (χ4v) is 9.77. The van der Waals surface area contributed by atoms with Crippen LogP contribution >= 0.6 is 11.3 Å². The standard InChI is InChI=1S/C52H30N6O2S/c59-51-41-29-40-36-19-10-11-21-43(36)61-44(40)30-39(41)37-26-27-42-45(46(37)52(60)58(51)34-17-8-3-9-18-34)38-20-12-28-53-50(38)57(42)35-24-22-33(23-25-35)49-55-47(31-13-4-1-5-14-31)54-48(56-49)32-15-6-2-7-16-32/h1-30H. The van der Waals surface area contributed by atoms with Crippen LogP contribution in [0.1, 0.15) is 0 Å². The van der Waals surface area contributed by atoms with Gasteiger partial charge in [-0.2, -0.15) is 0 Å². The first-order valence-electron chi connectivity index (χ1n) is 19.9. The second-order valence-electron chi connectivity index (χ2n) is 15.0. The first kappa shape index (κ1) is 34.9. The van der Waals surface area contributed by atoms with Crippen molar-refractivity contribution in [3.63, 3.8) is 0 Å². The maximum Gasteiger partial charge on any atom is 0.266 e. The van der Waals surface area contributed by atoms with E-state index < -0.39 is 5.56 Å². The summed E-state index contributed by atoms with van der Waals surface area (Å²) >= 11 is 1.68. The lowest BCUT2D eigenvalue weighted by Gasteiger charge is -2.10. The number of rotatable bonds is 5. The lowest BCUT2D eigenvalue weighted by Crippen LogP contribution is -2.28. The van der Waals surface area contributed by atoms with Crippen LogP contribution in [0, 0.1) is 0 Å². The van der Waals surface area contributed by atoms with Gasteiger partial charge in [0, 0.05) is 64.9 Å². The number of hydrogen-bond acceptors (Lipinski definition) is 7. The highest BCUT2D eigenvalue weighted by atomic mass is 32.1. The molecule has 0 spiro atoms. The molecule has 0 fully saturated rings. The molecule has 0 bridgehead atoms. The molecule has 0 atom stereocenters. The van der Waals surface area contributed by atoms with Gasteiger partial charge in [0.2, 0.25) is 0 Å². The van der Waals surface area contributed by atoms with Gasteiger partial charge in [-0.1, -0.05) is 103 Å². The molecule has 12 aromatic rings. The van der Waals surface area contributed by atoms with E-state index in [0.29, 0.717) is 45.0 Å². The predicted octanol–water partition coefficient (Wildman–Crippen LogP) is 11.6. The maximum atomic E-state index is 15.3. The van der Waals surface area contributed by atoms with Gasteiger partial charge in [0.1, 0.15) is 5.65 Å². The van der Waals surface area contributed by atoms with E-state index in [-0.39, 0.29) is 5.56 Å². The predicted molar refractivity (Wildman–Crippen MR) is 248 cm³/mol. The van der Waals surface area contributed by atoms with Crippen LogP contribution < -0.4 is 11.1 Å². The minimum atomic E-state index is -0.391. The van der Waals surface area contributed by atoms with Crippen LogP contribution in [0.25, 0.3) is 109 Å². The molecular weight excluding hydrogens is 773 g/mol. The number of hydrogen-bond donors (Lipinski definition) is 0. The Morgan fingerprint density at radius 2 is 0.984 bits per heavy atom. The zero-order chi connectivity index (χ0) is 40.6. The molecule has 9 heteroatoms. The summed E-state index contributed by atoms with van der Waals surface area (Å²) in [6, 6.07) is 57.3. The second kappa shape index (κ2) is 13.7. The van der Waals surface area contributed by atoms with E-state index in [2.05, 4.69) is 22.8 Å². The molecule has 0 radical (unpaired) electrons. The summed E-state index contributed by atoms with van der Waals surface area (Å²) in [5, 5.41) is 5.97. The third kappa shape index (κ3) is 5.52. The molecule has 7 aromatic carbocycles. The Bertz CT molecular complexity index is 3790. The summed E-state index contributed by atoms with van der Waals surface area (Å²) in [6.07, 6.45) is 1.76. The Hall–Kier alpha value is -8.14. The maximum absolute atomic E-state index is 15.3. The Kier molecular flexibility index (Phi) is 7.84. The molecule has 12 rings (SSSR count). The van der Waals surface area contributed by atoms with Gasteiger partial charge in [-0.05, 0) is 83.6 Å². The van der Waals surface area contributed by atoms with E-state index in [4.69, 9.17) is 19.9 Å². The molecule has 0 unspecified atom stereocenters. The van der Waals surface area contributed by atoms with E-state index >= 15 is 4.79 Å². The number of aromatic nitrogens is 6. The fraction of sp³-hybridized carbons (Fsp3) is 0. The molecule has 286 valence electrons. The minimum absolute atomic E-state index is 0.366. The number of nitrogens with zero attached hydrogens (tertiary/aromatic N) is 6. The van der Waals surface area contributed by atoms with E-state index in [9.17, 15) is 4.79 Å². The first-order chi connectivity index (χ1) is 30.1. The average Bonchev–Trinajstić information content (AvgIpc) is 3.84. The van der Waals surface area contributed by atoms with Gasteiger partial charge in [-0.3, -0.25) is 14.2 Å². The highest BCUT2D eigenvalue weighted by Crippen LogP contribution is 2.40. The van der Waals surface area contributed by atoms with Gasteiger partial charge >= 0.3 is 0 Å². The van der Waals surface area contributed by atoms with E-state index in [1.807, 2.05) is 158 Å². The van der Waals surface area contributed by atoms with Crippen LogP contribution in [0.15, 0.2) is 192 Å². The van der Waals surface area contributed by atoms with Crippen LogP contribution in [-0.4, -0.2) is 29.1 Å². The highest BCUT2D eigenvalue weighted by molar-refractivity contribution is 7.25. The second-order valence-corrected chi connectivity index (χ2v) is 16.0. The van der Waals surface area contributed by atoms with Gasteiger partial charge < -0.3 is 0 Å². The van der Waals surface area contributed by atoms with Crippen molar-refractivity contribution < 1.29 is 0 Å². The van der Waals surface area contributed by atoms with Gasteiger partial charge in [0.25, 0.3) is 11.1 Å². The molecule has 0 saturated carbocycles. The lowest BCUT2D eigenvalue weighted by molar-refractivity contribution is 0.977. The van der Waals surface area contributed by atoms with Crippen LogP contribution in [-0.2, 0) is 0 Å². The zero-order valence-electron chi connectivity index (χ0n) is 32.2. The van der Waals surface area contributed by atoms with Crippen molar-refractivity contribution in [1.82, 2.24) is 29.1 Å². The lowest BCUT2D eigenvalue weighted by atomic mass is 10.0. The monoisotopic (exact) mass is 802 g/mol. The third-order valence-corrected chi connectivity index (χ3v) is 12.6. The third-order valence-electron chi connectivity index (χ3n) is 11.4. The van der Waals surface area contributed by atoms with Crippen molar-refractivity contribution in [3.05, 3.63) is 203 Å². The SMILES string of the molecule is O=c1c2cc3c(cc2c2ccc4c(c5cccnc5n4-c4ccc(-c5nc(-c6ccccc6)nc(-c6ccccc6)n5)cc4)c2c(=O)n1-c1ccccc1)sc1ccccc13. The summed E-state index contributed by atoms with van der Waals surface area (Å²) in [7, 11) is 0. The number of fused-ring (bicyclic) bond motifs is 10. The van der Waals surface area contributed by atoms with Crippen molar-refractivity contribution in [2.24, 2.45) is 0 Å². The van der Waals surface area contributed by atoms with E-state index in [1.165, 1.54) is 4.57 Å². The topological polar surface area (TPSA) is 95.6 Å². The molecule has 0 aliphatic heterocycles. The summed E-state index contributed by atoms with van der Waals surface area (Å²) in [4.78, 5) is 49.8. The van der Waals surface area contributed by atoms with Crippen molar-refractivity contribution in [2.45, 2.75) is 0 Å². The van der Waals surface area contributed by atoms with Crippen LogP contribution in [0.2, 0.25) is 0 Å². The molecule has 61 heavy (non-hydrogen) atoms. The molecule has 5 heterocycles. The molecule has 8 nitrogen and oxygen atoms in total. The average molecular weight is 803 g/mol. The van der Waals surface area contributed by atoms with Crippen LogP contribution in [0.4, 0.5) is 0 Å². The summed E-state index contributed by atoms with van der Waals surface area (Å²) < 4.78 is 5.60. The number of pyridine rings is 1. The number of thiophene rings is 1. The van der Waals surface area contributed by atoms with Crippen molar-refractivity contribution in [2.75, 3.05) is 0 Å². The van der Waals surface area contributed by atoms with Gasteiger partial charge in [-0.15, -0.1) is 11.3 Å². The minimum Gasteiger partial charge on any atom is -0.294 e. The van der Waals surface area contributed by atoms with Gasteiger partial charge in [-0.25, -0.2) is 24.5 Å². The Morgan fingerprint density at radius 1 is 0.393 bits per heavy atom. The van der Waals surface area contributed by atoms with Gasteiger partial charge in [0.05, 0.1) is 16.6 Å². The Morgan fingerprint density at radius 3 is 1.67 bits per heavy atom. The Labute approximate surface area is 351 Å². The van der Waals surface area contributed by atoms with Crippen LogP contribution in [0.5, 0.6) is 0 Å². The van der Waals surface area contributed by atoms with Crippen molar-refractivity contribution in [3.8, 4) is 45.5 Å². The van der Waals surface area contributed by atoms with Crippen LogP contribution in [0.3, 0.4) is 0 Å². The van der Waals surface area contributed by atoms with E-state index in [0.717, 1.165) is 64.2 Å². The molecule has 0 aliphatic rings. The van der Waals surface area contributed by atoms with Crippen molar-refractivity contribution in [1.29, 1.82) is 0 Å². The highest BCUT2D eigenvalue weighted by Gasteiger charge is 2.22. The summed E-state index contributed by atoms with van der Waals surface area (Å²) in [5.41, 5.74) is 4.68. The number of benzene rings is 7. The molecule has 0 saturated heterocycles. The zero-order valence-corrected chi connectivity index (χ0v) is 33.0. The number of para-hydroxylation sites is 1. The summed E-state index contributed by atoms with van der Waals surface area (Å²) in [6.45, 7) is 0.